The van der Waals surface area contributed by atoms with Crippen LogP contribution in [0.4, 0.5) is 4.79 Å². The zero-order valence-electron chi connectivity index (χ0n) is 28.7. The molecule has 3 fully saturated rings. The predicted octanol–water partition coefficient (Wildman–Crippen LogP) is 4.87. The van der Waals surface area contributed by atoms with E-state index in [4.69, 9.17) is 28.8 Å². The lowest BCUT2D eigenvalue weighted by Gasteiger charge is -2.38. The lowest BCUT2D eigenvalue weighted by molar-refractivity contribution is -0.0768. The van der Waals surface area contributed by atoms with E-state index in [1.54, 1.807) is 36.4 Å². The van der Waals surface area contributed by atoms with Crippen molar-refractivity contribution in [2.75, 3.05) is 32.6 Å². The molecule has 11 nitrogen and oxygen atoms in total. The van der Waals surface area contributed by atoms with Crippen LogP contribution in [0.15, 0.2) is 84.3 Å². The minimum atomic E-state index is -3.72. The number of carbonyl (C=O) groups is 1. The number of carboxylic acid groups (broad SMARTS) is 1. The molecule has 0 aliphatic carbocycles. The molecule has 10 atom stereocenters. The van der Waals surface area contributed by atoms with Gasteiger partial charge in [0, 0.05) is 38.8 Å². The molecule has 3 saturated heterocycles. The number of ether oxygens (including phenoxy) is 5. The summed E-state index contributed by atoms with van der Waals surface area (Å²) < 4.78 is 57.9. The van der Waals surface area contributed by atoms with Crippen molar-refractivity contribution in [1.29, 1.82) is 0 Å². The summed E-state index contributed by atoms with van der Waals surface area (Å²) in [7, 11) is -2.22. The smallest absolute Gasteiger partial charge is 0.404 e. The Kier molecular flexibility index (Phi) is 14.6. The number of nitrogens with one attached hydrogen (secondary N) is 1. The maximum Gasteiger partial charge on any atom is 0.404 e. The highest BCUT2D eigenvalue weighted by Crippen LogP contribution is 2.41. The fourth-order valence-electron chi connectivity index (χ4n) is 7.11. The van der Waals surface area contributed by atoms with Gasteiger partial charge in [0.15, 0.2) is 9.84 Å². The van der Waals surface area contributed by atoms with Gasteiger partial charge in [-0.05, 0) is 48.5 Å². The van der Waals surface area contributed by atoms with E-state index in [9.17, 15) is 18.3 Å². The van der Waals surface area contributed by atoms with Crippen molar-refractivity contribution in [3.8, 4) is 0 Å². The van der Waals surface area contributed by atoms with Crippen LogP contribution in [0.1, 0.15) is 45.4 Å². The number of rotatable bonds is 18. The average molecular weight is 704 g/mol. The summed E-state index contributed by atoms with van der Waals surface area (Å²) in [6.07, 6.45) is 4.47. The summed E-state index contributed by atoms with van der Waals surface area (Å²) in [6, 6.07) is 8.26. The second kappa shape index (κ2) is 18.4. The highest BCUT2D eigenvalue weighted by Gasteiger charge is 2.49. The predicted molar refractivity (Wildman–Crippen MR) is 186 cm³/mol. The second-order valence-electron chi connectivity index (χ2n) is 13.3. The molecule has 0 radical (unpaired) electrons. The lowest BCUT2D eigenvalue weighted by atomic mass is 9.83. The Morgan fingerprint density at radius 2 is 1.86 bits per heavy atom. The zero-order chi connectivity index (χ0) is 35.6. The van der Waals surface area contributed by atoms with Gasteiger partial charge in [0.1, 0.15) is 0 Å². The molecule has 3 aliphatic heterocycles. The van der Waals surface area contributed by atoms with Gasteiger partial charge < -0.3 is 39.2 Å². The summed E-state index contributed by atoms with van der Waals surface area (Å²) in [5.41, 5.74) is 1.99. The molecule has 4 rings (SSSR count). The maximum atomic E-state index is 13.6. The van der Waals surface area contributed by atoms with E-state index >= 15 is 0 Å². The molecule has 1 aromatic carbocycles. The Balaban J connectivity index is 1.44. The molecule has 0 bridgehead atoms. The Labute approximate surface area is 290 Å². The minimum absolute atomic E-state index is 0.0349. The molecule has 3 N–H and O–H groups in total. The van der Waals surface area contributed by atoms with Gasteiger partial charge in [-0.15, -0.1) is 6.58 Å². The molecule has 272 valence electrons. The Morgan fingerprint density at radius 3 is 2.55 bits per heavy atom. The Bertz CT molecular complexity index is 1400. The summed E-state index contributed by atoms with van der Waals surface area (Å²) in [4.78, 5) is 11.2. The zero-order valence-corrected chi connectivity index (χ0v) is 29.5. The third kappa shape index (κ3) is 11.1. The van der Waals surface area contributed by atoms with E-state index in [-0.39, 0.29) is 53.9 Å². The first-order valence-electron chi connectivity index (χ1n) is 17.0. The van der Waals surface area contributed by atoms with Gasteiger partial charge >= 0.3 is 6.09 Å². The molecule has 0 saturated carbocycles. The van der Waals surface area contributed by atoms with Gasteiger partial charge in [-0.3, -0.25) is 0 Å². The molecule has 49 heavy (non-hydrogen) atoms. The van der Waals surface area contributed by atoms with Crippen LogP contribution in [0.3, 0.4) is 0 Å². The van der Waals surface area contributed by atoms with Gasteiger partial charge in [-0.1, -0.05) is 56.5 Å². The van der Waals surface area contributed by atoms with Gasteiger partial charge in [0.25, 0.3) is 0 Å². The molecular formula is C37H53NO10S. The quantitative estimate of drug-likeness (QED) is 0.143. The largest absolute Gasteiger partial charge is 0.465 e. The van der Waals surface area contributed by atoms with E-state index in [1.165, 1.54) is 7.11 Å². The van der Waals surface area contributed by atoms with Crippen LogP contribution in [-0.2, 0) is 33.5 Å². The van der Waals surface area contributed by atoms with Crippen LogP contribution in [0.5, 0.6) is 0 Å². The van der Waals surface area contributed by atoms with Crippen LogP contribution in [-0.4, -0.2) is 106 Å². The summed E-state index contributed by atoms with van der Waals surface area (Å²) in [5.74, 6) is -0.627. The number of methoxy groups -OCH3 is 1. The molecule has 1 aromatic rings. The van der Waals surface area contributed by atoms with Gasteiger partial charge in [0.05, 0.1) is 72.7 Å². The minimum Gasteiger partial charge on any atom is -0.465 e. The van der Waals surface area contributed by atoms with Crippen LogP contribution < -0.4 is 5.32 Å². The van der Waals surface area contributed by atoms with Gasteiger partial charge in [0.2, 0.25) is 0 Å². The topological polar surface area (TPSA) is 150 Å². The van der Waals surface area contributed by atoms with E-state index in [2.05, 4.69) is 32.0 Å². The van der Waals surface area contributed by atoms with Gasteiger partial charge in [-0.25, -0.2) is 13.2 Å². The lowest BCUT2D eigenvalue weighted by Crippen LogP contribution is -2.40. The first-order chi connectivity index (χ1) is 23.4. The van der Waals surface area contributed by atoms with E-state index in [1.807, 2.05) is 12.2 Å². The van der Waals surface area contributed by atoms with Crippen molar-refractivity contribution in [2.24, 2.45) is 11.8 Å². The number of aliphatic hydroxyl groups excluding tert-OH is 1. The van der Waals surface area contributed by atoms with Crippen molar-refractivity contribution in [1.82, 2.24) is 5.32 Å². The number of aliphatic hydroxyl groups is 1. The first-order valence-corrected chi connectivity index (χ1v) is 18.7. The number of hydrogen-bond acceptors (Lipinski definition) is 9. The van der Waals surface area contributed by atoms with Crippen molar-refractivity contribution in [3.05, 3.63) is 79.4 Å². The molecule has 0 spiro atoms. The van der Waals surface area contributed by atoms with Crippen LogP contribution >= 0.6 is 0 Å². The van der Waals surface area contributed by atoms with Gasteiger partial charge in [-0.2, -0.15) is 0 Å². The number of amides is 1. The van der Waals surface area contributed by atoms with Crippen molar-refractivity contribution >= 4 is 15.9 Å². The summed E-state index contributed by atoms with van der Waals surface area (Å²) in [6.45, 7) is 15.2. The fourth-order valence-corrected chi connectivity index (χ4v) is 8.79. The summed E-state index contributed by atoms with van der Waals surface area (Å²) in [5, 5.41) is 21.8. The Hall–Kier alpha value is -2.84. The Morgan fingerprint density at radius 1 is 1.10 bits per heavy atom. The number of sulfone groups is 1. The summed E-state index contributed by atoms with van der Waals surface area (Å²) >= 11 is 0. The van der Waals surface area contributed by atoms with Crippen LogP contribution in [0.2, 0.25) is 0 Å². The van der Waals surface area contributed by atoms with E-state index < -0.39 is 46.3 Å². The SMILES string of the molecule is C=CCOCC=C[C@H]1CC(=C)[C@H](CC[C@H]2C[C@@H](C)C(=C)[C@@H](C[C@@H]3O[C@H](CC(O)CNC(=O)O)[C@H](OC)[C@H]3CS(=O)(=O)c3ccccc3)O2)O1. The third-order valence-electron chi connectivity index (χ3n) is 9.67. The number of benzene rings is 1. The molecule has 1 unspecified atom stereocenters. The van der Waals surface area contributed by atoms with Crippen LogP contribution in [0.25, 0.3) is 0 Å². The normalized spacial score (nSPS) is 31.3. The molecule has 12 heteroatoms. The number of hydrogen-bond donors (Lipinski definition) is 3. The van der Waals surface area contributed by atoms with Crippen molar-refractivity contribution < 1.29 is 47.1 Å². The first kappa shape index (κ1) is 39.0. The molecule has 3 heterocycles. The van der Waals surface area contributed by atoms with E-state index in [0.717, 1.165) is 36.8 Å². The highest BCUT2D eigenvalue weighted by molar-refractivity contribution is 7.91. The maximum absolute atomic E-state index is 13.6. The average Bonchev–Trinajstić information content (AvgIpc) is 3.58. The van der Waals surface area contributed by atoms with Crippen LogP contribution in [0, 0.1) is 11.8 Å². The fraction of sp³-hybridized carbons (Fsp3) is 0.595. The molecule has 0 aromatic heterocycles. The molecular weight excluding hydrogens is 650 g/mol. The van der Waals surface area contributed by atoms with Crippen molar-refractivity contribution in [3.63, 3.8) is 0 Å². The second-order valence-corrected chi connectivity index (χ2v) is 15.3. The highest BCUT2D eigenvalue weighted by atomic mass is 32.2. The van der Waals surface area contributed by atoms with E-state index in [0.29, 0.717) is 19.6 Å². The molecule has 1 amide bonds. The monoisotopic (exact) mass is 703 g/mol. The standard InChI is InChI=1S/C37H53NO10S/c1-6-16-45-17-10-11-28-19-25(3)32(46-28)15-14-29-18-24(2)26(4)33(47-29)21-34-31(23-49(42,43)30-12-8-7-9-13-30)36(44-5)35(48-34)20-27(39)22-38-37(40)41/h6-13,24,27-29,31-36,38-39H,1,3-4,14-23H2,2,5H3,(H,40,41)/t24-,27?,28+,29+,31+,32+,33-,34+,35-,36-/m1/s1. The third-order valence-corrected chi connectivity index (χ3v) is 11.5. The van der Waals surface area contributed by atoms with Crippen molar-refractivity contribution in [2.45, 2.75) is 99.2 Å². The molecule has 3 aliphatic rings.